The molecule has 3 amide bonds. The summed E-state index contributed by atoms with van der Waals surface area (Å²) in [4.78, 5) is 37.2. The number of amides is 3. The first-order chi connectivity index (χ1) is 15.1. The van der Waals surface area contributed by atoms with Crippen LogP contribution in [-0.4, -0.2) is 64.1 Å². The third kappa shape index (κ3) is 8.55. The van der Waals surface area contributed by atoms with Gasteiger partial charge in [-0.05, 0) is 65.6 Å². The zero-order valence-corrected chi connectivity index (χ0v) is 19.8. The fourth-order valence-corrected chi connectivity index (χ4v) is 2.57. The number of carbonyl (C=O) groups excluding carboxylic acids is 3. The van der Waals surface area contributed by atoms with Crippen molar-refractivity contribution in [1.29, 1.82) is 5.26 Å². The van der Waals surface area contributed by atoms with E-state index < -0.39 is 37.1 Å². The normalized spacial score (nSPS) is 11.8. The van der Waals surface area contributed by atoms with Gasteiger partial charge in [-0.25, -0.2) is 19.9 Å². The summed E-state index contributed by atoms with van der Waals surface area (Å²) in [6.45, 7) is 10.8. The quantitative estimate of drug-likeness (QED) is 0.247. The number of carbonyl (C=O) groups is 3. The zero-order valence-electron chi connectivity index (χ0n) is 19.8. The van der Waals surface area contributed by atoms with Crippen molar-refractivity contribution in [2.24, 2.45) is 5.10 Å². The molecule has 0 unspecified atom stereocenters. The van der Waals surface area contributed by atoms with Crippen LogP contribution in [0.4, 0.5) is 9.59 Å². The zero-order chi connectivity index (χ0) is 25.6. The highest BCUT2D eigenvalue weighted by Crippen LogP contribution is 2.18. The lowest BCUT2D eigenvalue weighted by atomic mass is 9.77. The Morgan fingerprint density at radius 3 is 2.06 bits per heavy atom. The van der Waals surface area contributed by atoms with Gasteiger partial charge in [-0.3, -0.25) is 4.79 Å². The molecule has 0 heterocycles. The Morgan fingerprint density at radius 2 is 1.67 bits per heavy atom. The van der Waals surface area contributed by atoms with Crippen LogP contribution < -0.4 is 10.9 Å². The molecule has 0 bridgehead atoms. The number of nitrogens with zero attached hydrogens (tertiary/aromatic N) is 3. The Balaban J connectivity index is 3.61. The second kappa shape index (κ2) is 10.9. The molecule has 0 aliphatic carbocycles. The van der Waals surface area contributed by atoms with E-state index in [1.54, 1.807) is 48.5 Å². The second-order valence-electron chi connectivity index (χ2n) is 9.08. The van der Waals surface area contributed by atoms with Gasteiger partial charge in [-0.2, -0.15) is 10.4 Å². The minimum absolute atomic E-state index is 0.0213. The monoisotopic (exact) mass is 460 g/mol. The Kier molecular flexibility index (Phi) is 9.15. The van der Waals surface area contributed by atoms with Gasteiger partial charge in [0.05, 0.1) is 23.9 Å². The number of benzene rings is 1. The van der Waals surface area contributed by atoms with Crippen molar-refractivity contribution in [3.8, 4) is 6.07 Å². The predicted molar refractivity (Wildman–Crippen MR) is 121 cm³/mol. The number of hydrogen-bond acceptors (Lipinski definition) is 9. The predicted octanol–water partition coefficient (Wildman–Crippen LogP) is 1.17. The maximum absolute atomic E-state index is 12.8. The third-order valence-electron chi connectivity index (χ3n) is 3.95. The van der Waals surface area contributed by atoms with Gasteiger partial charge in [0.15, 0.2) is 0 Å². The Bertz CT molecular complexity index is 945. The molecule has 0 saturated carbocycles. The fourth-order valence-electron chi connectivity index (χ4n) is 2.57. The van der Waals surface area contributed by atoms with Crippen molar-refractivity contribution < 1.29 is 33.9 Å². The Labute approximate surface area is 193 Å². The number of nitriles is 1. The summed E-state index contributed by atoms with van der Waals surface area (Å²) in [5.74, 6) is 0. The largest absolute Gasteiger partial charge is 0.488 e. The number of rotatable bonds is 6. The average molecular weight is 460 g/mol. The number of hydrogen-bond donors (Lipinski definition) is 3. The van der Waals surface area contributed by atoms with Crippen LogP contribution in [0.2, 0.25) is 0 Å². The lowest BCUT2D eigenvalue weighted by Gasteiger charge is -2.29. The molecule has 0 aromatic heterocycles. The maximum atomic E-state index is 12.8. The molecule has 0 aliphatic rings. The summed E-state index contributed by atoms with van der Waals surface area (Å²) in [5, 5.41) is 32.6. The van der Waals surface area contributed by atoms with Crippen LogP contribution in [-0.2, 0) is 14.3 Å². The molecule has 1 rings (SSSR count). The van der Waals surface area contributed by atoms with Gasteiger partial charge < -0.3 is 19.5 Å². The van der Waals surface area contributed by atoms with Gasteiger partial charge >= 0.3 is 19.3 Å². The van der Waals surface area contributed by atoms with Gasteiger partial charge in [-0.15, -0.1) is 0 Å². The number of imide groups is 1. The molecule has 0 atom stereocenters. The average Bonchev–Trinajstić information content (AvgIpc) is 2.65. The highest BCUT2D eigenvalue weighted by molar-refractivity contribution is 6.58. The van der Waals surface area contributed by atoms with Crippen LogP contribution in [0.15, 0.2) is 17.2 Å². The first-order valence-corrected chi connectivity index (χ1v) is 10.00. The lowest BCUT2D eigenvalue weighted by Crippen LogP contribution is -2.46. The van der Waals surface area contributed by atoms with Crippen LogP contribution >= 0.6 is 0 Å². The molecule has 12 heteroatoms. The summed E-state index contributed by atoms with van der Waals surface area (Å²) in [6, 6.07) is 4.55. The van der Waals surface area contributed by atoms with Gasteiger partial charge in [0, 0.05) is 5.56 Å². The molecule has 0 aliphatic heterocycles. The standard InChI is InChI=1S/C21H29BN4O7/c1-13-14(10-23)8-15(22(30)31)9-16(13)17(25-24-12-27)11-26(18(28)32-20(2,3)4)19(29)33-21(5,6)7/h8-9,12,30-31H,11H2,1-7H3,(H,24,27)/b25-17-. The molecule has 3 N–H and O–H groups in total. The van der Waals surface area contributed by atoms with Crippen molar-refractivity contribution in [3.05, 3.63) is 28.8 Å². The van der Waals surface area contributed by atoms with E-state index in [9.17, 15) is 29.7 Å². The molecule has 1 aromatic carbocycles. The minimum Gasteiger partial charge on any atom is -0.443 e. The van der Waals surface area contributed by atoms with Crippen molar-refractivity contribution >= 4 is 36.9 Å². The highest BCUT2D eigenvalue weighted by atomic mass is 16.6. The van der Waals surface area contributed by atoms with Crippen molar-refractivity contribution in [1.82, 2.24) is 10.3 Å². The maximum Gasteiger partial charge on any atom is 0.488 e. The first kappa shape index (κ1) is 27.6. The van der Waals surface area contributed by atoms with Gasteiger partial charge in [0.1, 0.15) is 11.2 Å². The smallest absolute Gasteiger partial charge is 0.443 e. The number of ether oxygens (including phenoxy) is 2. The van der Waals surface area contributed by atoms with E-state index in [2.05, 4.69) is 10.5 Å². The molecule has 11 nitrogen and oxygen atoms in total. The highest BCUT2D eigenvalue weighted by Gasteiger charge is 2.33. The molecule has 0 spiro atoms. The van der Waals surface area contributed by atoms with Crippen molar-refractivity contribution in [3.63, 3.8) is 0 Å². The molecule has 0 fully saturated rings. The van der Waals surface area contributed by atoms with E-state index in [0.29, 0.717) is 10.5 Å². The summed E-state index contributed by atoms with van der Waals surface area (Å²) < 4.78 is 10.6. The molecule has 0 radical (unpaired) electrons. The molecule has 0 saturated heterocycles. The van der Waals surface area contributed by atoms with Crippen LogP contribution in [0.1, 0.15) is 58.2 Å². The van der Waals surface area contributed by atoms with Gasteiger partial charge in [0.25, 0.3) is 0 Å². The Morgan fingerprint density at radius 1 is 1.15 bits per heavy atom. The van der Waals surface area contributed by atoms with Crippen LogP contribution in [0, 0.1) is 18.3 Å². The molecular formula is C21H29BN4O7. The minimum atomic E-state index is -1.90. The van der Waals surface area contributed by atoms with E-state index >= 15 is 0 Å². The third-order valence-corrected chi connectivity index (χ3v) is 3.95. The number of nitrogens with one attached hydrogen (secondary N) is 1. The molecule has 33 heavy (non-hydrogen) atoms. The SMILES string of the molecule is Cc1c(C#N)cc(B(O)O)cc1/C(CN(C(=O)OC(C)(C)C)C(=O)OC(C)(C)C)=N\NC=O. The topological polar surface area (TPSA) is 162 Å². The molecule has 1 aromatic rings. The summed E-state index contributed by atoms with van der Waals surface area (Å²) in [5.41, 5.74) is 0.876. The lowest BCUT2D eigenvalue weighted by molar-refractivity contribution is -0.109. The van der Waals surface area contributed by atoms with Crippen LogP contribution in [0.25, 0.3) is 0 Å². The summed E-state index contributed by atoms with van der Waals surface area (Å²) >= 11 is 0. The van der Waals surface area contributed by atoms with Gasteiger partial charge in [0.2, 0.25) is 6.41 Å². The van der Waals surface area contributed by atoms with Crippen molar-refractivity contribution in [2.45, 2.75) is 59.7 Å². The molecule has 178 valence electrons. The fraction of sp³-hybridized carbons (Fsp3) is 0.476. The summed E-state index contributed by atoms with van der Waals surface area (Å²) in [6.07, 6.45) is -1.77. The van der Waals surface area contributed by atoms with E-state index in [4.69, 9.17) is 9.47 Å². The summed E-state index contributed by atoms with van der Waals surface area (Å²) in [7, 11) is -1.90. The van der Waals surface area contributed by atoms with E-state index in [1.807, 2.05) is 6.07 Å². The van der Waals surface area contributed by atoms with Gasteiger partial charge in [-0.1, -0.05) is 6.07 Å². The van der Waals surface area contributed by atoms with Crippen LogP contribution in [0.5, 0.6) is 0 Å². The second-order valence-corrected chi connectivity index (χ2v) is 9.08. The first-order valence-electron chi connectivity index (χ1n) is 10.00. The van der Waals surface area contributed by atoms with Crippen LogP contribution in [0.3, 0.4) is 0 Å². The van der Waals surface area contributed by atoms with E-state index in [1.165, 1.54) is 12.1 Å². The molecular weight excluding hydrogens is 431 g/mol. The Hall–Kier alpha value is -3.43. The van der Waals surface area contributed by atoms with E-state index in [0.717, 1.165) is 0 Å². The number of hydrazone groups is 1. The van der Waals surface area contributed by atoms with E-state index in [-0.39, 0.29) is 28.7 Å². The van der Waals surface area contributed by atoms with Crippen molar-refractivity contribution in [2.75, 3.05) is 6.54 Å².